The van der Waals surface area contributed by atoms with E-state index in [2.05, 4.69) is 4.98 Å². The fraction of sp³-hybridized carbons (Fsp3) is 0.333. The molecule has 52 valence electrons. The molecule has 0 bridgehead atoms. The first-order valence-electron chi connectivity index (χ1n) is 2.77. The van der Waals surface area contributed by atoms with Crippen molar-refractivity contribution >= 4 is 11.3 Å². The predicted molar refractivity (Wildman–Crippen MR) is 39.3 cm³/mol. The van der Waals surface area contributed by atoms with Crippen LogP contribution in [-0.4, -0.2) is 4.98 Å². The van der Waals surface area contributed by atoms with E-state index >= 15 is 0 Å². The lowest BCUT2D eigenvalue weighted by atomic mass is 10.1. The van der Waals surface area contributed by atoms with Gasteiger partial charge in [0, 0.05) is 11.6 Å². The number of nitriles is 1. The van der Waals surface area contributed by atoms with E-state index in [0.29, 0.717) is 5.01 Å². The van der Waals surface area contributed by atoms with Gasteiger partial charge >= 0.3 is 0 Å². The Bertz CT molecular complexity index is 244. The maximum Gasteiger partial charge on any atom is 0.153 e. The molecule has 1 rings (SSSR count). The summed E-state index contributed by atoms with van der Waals surface area (Å²) in [6, 6.07) is 1.97. The molecule has 1 aromatic rings. The molecule has 0 aliphatic rings. The standard InChI is InChI=1S/C6H7N3S/c1-6(8,4-7)5-9-2-3-10-5/h2-3H,8H2,1H3/t6-/m1/s1. The van der Waals surface area contributed by atoms with Crippen LogP contribution in [0.1, 0.15) is 11.9 Å². The lowest BCUT2D eigenvalue weighted by molar-refractivity contribution is 0.640. The summed E-state index contributed by atoms with van der Waals surface area (Å²) in [5.74, 6) is 0. The highest BCUT2D eigenvalue weighted by Gasteiger charge is 2.22. The Balaban J connectivity index is 2.99. The van der Waals surface area contributed by atoms with Gasteiger partial charge in [0.2, 0.25) is 0 Å². The van der Waals surface area contributed by atoms with E-state index in [1.54, 1.807) is 18.5 Å². The van der Waals surface area contributed by atoms with Gasteiger partial charge in [-0.15, -0.1) is 11.3 Å². The van der Waals surface area contributed by atoms with Crippen LogP contribution in [0.15, 0.2) is 11.6 Å². The van der Waals surface area contributed by atoms with Crippen LogP contribution in [0.25, 0.3) is 0 Å². The quantitative estimate of drug-likeness (QED) is 0.650. The Kier molecular flexibility index (Phi) is 1.70. The molecule has 0 unspecified atom stereocenters. The first kappa shape index (κ1) is 7.19. The van der Waals surface area contributed by atoms with Crippen LogP contribution in [0.2, 0.25) is 0 Å². The molecule has 2 N–H and O–H groups in total. The topological polar surface area (TPSA) is 62.7 Å². The molecule has 10 heavy (non-hydrogen) atoms. The molecule has 1 heterocycles. The van der Waals surface area contributed by atoms with Gasteiger partial charge in [0.05, 0.1) is 6.07 Å². The van der Waals surface area contributed by atoms with Gasteiger partial charge in [-0.1, -0.05) is 0 Å². The molecule has 0 amide bonds. The van der Waals surface area contributed by atoms with Crippen molar-refractivity contribution in [3.8, 4) is 6.07 Å². The minimum Gasteiger partial charge on any atom is -0.308 e. The van der Waals surface area contributed by atoms with Gasteiger partial charge in [0.25, 0.3) is 0 Å². The summed E-state index contributed by atoms with van der Waals surface area (Å²) in [4.78, 5) is 3.93. The highest BCUT2D eigenvalue weighted by atomic mass is 32.1. The summed E-state index contributed by atoms with van der Waals surface area (Å²) in [6.07, 6.45) is 1.64. The molecular weight excluding hydrogens is 146 g/mol. The minimum atomic E-state index is -0.922. The second-order valence-corrected chi connectivity index (χ2v) is 3.05. The largest absolute Gasteiger partial charge is 0.308 e. The summed E-state index contributed by atoms with van der Waals surface area (Å²) in [5.41, 5.74) is 4.65. The molecular formula is C6H7N3S. The van der Waals surface area contributed by atoms with E-state index in [1.807, 2.05) is 6.07 Å². The Hall–Kier alpha value is -0.920. The molecule has 0 aliphatic heterocycles. The Morgan fingerprint density at radius 3 is 3.00 bits per heavy atom. The van der Waals surface area contributed by atoms with Crippen LogP contribution in [0.5, 0.6) is 0 Å². The average Bonchev–Trinajstić information content (AvgIpc) is 2.38. The summed E-state index contributed by atoms with van der Waals surface area (Å²) in [5, 5.41) is 11.0. The van der Waals surface area contributed by atoms with Crippen molar-refractivity contribution in [3.05, 3.63) is 16.6 Å². The van der Waals surface area contributed by atoms with Gasteiger partial charge in [-0.25, -0.2) is 4.98 Å². The van der Waals surface area contributed by atoms with E-state index in [0.717, 1.165) is 0 Å². The van der Waals surface area contributed by atoms with Crippen molar-refractivity contribution in [1.82, 2.24) is 4.98 Å². The van der Waals surface area contributed by atoms with E-state index in [1.165, 1.54) is 11.3 Å². The molecule has 0 aromatic carbocycles. The number of rotatable bonds is 1. The van der Waals surface area contributed by atoms with E-state index in [4.69, 9.17) is 11.0 Å². The van der Waals surface area contributed by atoms with Gasteiger partial charge in [0.1, 0.15) is 5.01 Å². The van der Waals surface area contributed by atoms with Crippen molar-refractivity contribution in [2.24, 2.45) is 5.73 Å². The van der Waals surface area contributed by atoms with Gasteiger partial charge in [0.15, 0.2) is 5.54 Å². The Morgan fingerprint density at radius 2 is 2.60 bits per heavy atom. The normalized spacial score (nSPS) is 15.7. The van der Waals surface area contributed by atoms with E-state index in [-0.39, 0.29) is 0 Å². The minimum absolute atomic E-state index is 0.662. The maximum atomic E-state index is 8.56. The zero-order chi connectivity index (χ0) is 7.61. The van der Waals surface area contributed by atoms with E-state index in [9.17, 15) is 0 Å². The molecule has 4 heteroatoms. The number of nitrogens with two attached hydrogens (primary N) is 1. The van der Waals surface area contributed by atoms with Crippen LogP contribution in [-0.2, 0) is 5.54 Å². The first-order valence-corrected chi connectivity index (χ1v) is 3.65. The Labute approximate surface area is 63.1 Å². The van der Waals surface area contributed by atoms with Crippen molar-refractivity contribution in [2.75, 3.05) is 0 Å². The summed E-state index contributed by atoms with van der Waals surface area (Å²) >= 11 is 1.40. The number of hydrogen-bond donors (Lipinski definition) is 1. The summed E-state index contributed by atoms with van der Waals surface area (Å²) < 4.78 is 0. The second kappa shape index (κ2) is 2.37. The number of thiazole rings is 1. The fourth-order valence-electron chi connectivity index (χ4n) is 0.528. The van der Waals surface area contributed by atoms with Crippen molar-refractivity contribution in [1.29, 1.82) is 5.26 Å². The summed E-state index contributed by atoms with van der Waals surface area (Å²) in [7, 11) is 0. The van der Waals surface area contributed by atoms with Crippen molar-refractivity contribution in [3.63, 3.8) is 0 Å². The fourth-order valence-corrected chi connectivity index (χ4v) is 1.19. The second-order valence-electron chi connectivity index (χ2n) is 2.15. The molecule has 0 saturated heterocycles. The SMILES string of the molecule is C[C@@](N)(C#N)c1nccs1. The Morgan fingerprint density at radius 1 is 1.90 bits per heavy atom. The van der Waals surface area contributed by atoms with Crippen LogP contribution >= 0.6 is 11.3 Å². The summed E-state index contributed by atoms with van der Waals surface area (Å²) in [6.45, 7) is 1.64. The average molecular weight is 153 g/mol. The first-order chi connectivity index (χ1) is 4.67. The van der Waals surface area contributed by atoms with Crippen LogP contribution in [0.4, 0.5) is 0 Å². The molecule has 0 fully saturated rings. The maximum absolute atomic E-state index is 8.56. The van der Waals surface area contributed by atoms with Crippen molar-refractivity contribution in [2.45, 2.75) is 12.5 Å². The number of aromatic nitrogens is 1. The lowest BCUT2D eigenvalue weighted by Gasteiger charge is -2.09. The molecule has 0 saturated carbocycles. The highest BCUT2D eigenvalue weighted by molar-refractivity contribution is 7.09. The number of hydrogen-bond acceptors (Lipinski definition) is 4. The third kappa shape index (κ3) is 1.15. The lowest BCUT2D eigenvalue weighted by Crippen LogP contribution is -2.30. The third-order valence-corrected chi connectivity index (χ3v) is 2.12. The van der Waals surface area contributed by atoms with Gasteiger partial charge in [-0.2, -0.15) is 5.26 Å². The molecule has 0 spiro atoms. The smallest absolute Gasteiger partial charge is 0.153 e. The molecule has 0 radical (unpaired) electrons. The molecule has 1 aromatic heterocycles. The third-order valence-electron chi connectivity index (χ3n) is 1.11. The van der Waals surface area contributed by atoms with Gasteiger partial charge < -0.3 is 5.73 Å². The van der Waals surface area contributed by atoms with Gasteiger partial charge in [-0.3, -0.25) is 0 Å². The monoisotopic (exact) mass is 153 g/mol. The van der Waals surface area contributed by atoms with E-state index < -0.39 is 5.54 Å². The highest BCUT2D eigenvalue weighted by Crippen LogP contribution is 2.18. The predicted octanol–water partition coefficient (Wildman–Crippen LogP) is 0.841. The van der Waals surface area contributed by atoms with Crippen LogP contribution < -0.4 is 5.73 Å². The zero-order valence-electron chi connectivity index (χ0n) is 5.53. The van der Waals surface area contributed by atoms with Crippen LogP contribution in [0, 0.1) is 11.3 Å². The molecule has 1 atom stereocenters. The van der Waals surface area contributed by atoms with Crippen LogP contribution in [0.3, 0.4) is 0 Å². The van der Waals surface area contributed by atoms with Crippen molar-refractivity contribution < 1.29 is 0 Å². The van der Waals surface area contributed by atoms with Gasteiger partial charge in [-0.05, 0) is 6.92 Å². The molecule has 3 nitrogen and oxygen atoms in total. The number of nitrogens with zero attached hydrogens (tertiary/aromatic N) is 2. The molecule has 0 aliphatic carbocycles. The zero-order valence-corrected chi connectivity index (χ0v) is 6.35.